The van der Waals surface area contributed by atoms with Crippen LogP contribution in [0.1, 0.15) is 27.7 Å². The molecule has 7 nitrogen and oxygen atoms in total. The van der Waals surface area contributed by atoms with Crippen LogP contribution >= 0.6 is 0 Å². The summed E-state index contributed by atoms with van der Waals surface area (Å²) in [4.78, 5) is 10.5. The van der Waals surface area contributed by atoms with Gasteiger partial charge in [0, 0.05) is 13.1 Å². The molecule has 0 heterocycles. The number of nitro benzene ring substituents is 1. The van der Waals surface area contributed by atoms with Crippen molar-refractivity contribution < 1.29 is 19.7 Å². The lowest BCUT2D eigenvalue weighted by atomic mass is 9.76. The summed E-state index contributed by atoms with van der Waals surface area (Å²) < 4.78 is 5.46. The molecule has 0 bridgehead atoms. The molecule has 0 aliphatic rings. The van der Waals surface area contributed by atoms with E-state index < -0.39 is 23.2 Å². The van der Waals surface area contributed by atoms with Crippen LogP contribution in [0.15, 0.2) is 18.2 Å². The van der Waals surface area contributed by atoms with E-state index in [2.05, 4.69) is 5.32 Å². The summed E-state index contributed by atoms with van der Waals surface area (Å²) >= 11 is 0. The predicted octanol–water partition coefficient (Wildman–Crippen LogP) is 0.890. The first-order valence-corrected chi connectivity index (χ1v) is 6.54. The van der Waals surface area contributed by atoms with Crippen LogP contribution < -0.4 is 10.8 Å². The minimum absolute atomic E-state index is 0.154. The summed E-state index contributed by atoms with van der Waals surface area (Å²) in [5, 5.41) is 33.8. The van der Waals surface area contributed by atoms with Crippen molar-refractivity contribution in [2.45, 2.75) is 38.9 Å². The van der Waals surface area contributed by atoms with Crippen molar-refractivity contribution in [1.82, 2.24) is 0 Å². The zero-order valence-corrected chi connectivity index (χ0v) is 12.9. The fourth-order valence-electron chi connectivity index (χ4n) is 1.56. The van der Waals surface area contributed by atoms with Crippen LogP contribution in [0.5, 0.6) is 0 Å². The van der Waals surface area contributed by atoms with E-state index in [0.717, 1.165) is 0 Å². The van der Waals surface area contributed by atoms with E-state index in [1.165, 1.54) is 18.2 Å². The lowest BCUT2D eigenvalue weighted by molar-refractivity contribution is -0.383. The molecular formula is C13H21BN2O5. The fourth-order valence-corrected chi connectivity index (χ4v) is 1.56. The number of nitro groups is 1. The second kappa shape index (κ2) is 6.01. The quantitative estimate of drug-likeness (QED) is 0.409. The molecule has 0 fully saturated rings. The summed E-state index contributed by atoms with van der Waals surface area (Å²) in [6.07, 6.45) is 0. The average Bonchev–Trinajstić information content (AvgIpc) is 2.35. The first kappa shape index (κ1) is 17.4. The standard InChI is InChI=1S/C13H21BN2O5/c1-12(2,17)13(3,4)21-14(18)9-6-7-10(15-5)11(8-9)16(19)20/h6-8,15,17-18H,1-5H3. The van der Waals surface area contributed by atoms with Crippen molar-refractivity contribution in [1.29, 1.82) is 0 Å². The number of anilines is 1. The highest BCUT2D eigenvalue weighted by atomic mass is 16.6. The third-order valence-electron chi connectivity index (χ3n) is 3.65. The smallest absolute Gasteiger partial charge is 0.423 e. The van der Waals surface area contributed by atoms with E-state index in [4.69, 9.17) is 4.65 Å². The van der Waals surface area contributed by atoms with Gasteiger partial charge >= 0.3 is 7.12 Å². The molecular weight excluding hydrogens is 275 g/mol. The second-order valence-corrected chi connectivity index (χ2v) is 5.82. The van der Waals surface area contributed by atoms with Gasteiger partial charge in [-0.15, -0.1) is 0 Å². The van der Waals surface area contributed by atoms with Crippen LogP contribution in [0.3, 0.4) is 0 Å². The SMILES string of the molecule is CNc1ccc(B(O)OC(C)(C)C(C)(C)O)cc1[N+](=O)[O-]. The largest absolute Gasteiger partial charge is 0.491 e. The molecule has 3 N–H and O–H groups in total. The zero-order valence-electron chi connectivity index (χ0n) is 12.9. The van der Waals surface area contributed by atoms with E-state index in [1.807, 2.05) is 0 Å². The molecule has 0 spiro atoms. The first-order valence-electron chi connectivity index (χ1n) is 6.54. The maximum absolute atomic E-state index is 11.0. The van der Waals surface area contributed by atoms with Gasteiger partial charge in [-0.05, 0) is 39.2 Å². The van der Waals surface area contributed by atoms with E-state index in [-0.39, 0.29) is 11.2 Å². The zero-order chi connectivity index (χ0) is 16.4. The summed E-state index contributed by atoms with van der Waals surface area (Å²) in [6.45, 7) is 6.39. The molecule has 1 aromatic rings. The highest BCUT2D eigenvalue weighted by molar-refractivity contribution is 6.60. The maximum atomic E-state index is 11.0. The van der Waals surface area contributed by atoms with E-state index in [9.17, 15) is 20.2 Å². The van der Waals surface area contributed by atoms with Gasteiger partial charge in [0.1, 0.15) is 5.69 Å². The number of rotatable bonds is 6. The molecule has 8 heteroatoms. The van der Waals surface area contributed by atoms with Gasteiger partial charge in [-0.3, -0.25) is 10.1 Å². The lowest BCUT2D eigenvalue weighted by Gasteiger charge is -2.38. The Labute approximate surface area is 124 Å². The number of benzene rings is 1. The summed E-state index contributed by atoms with van der Waals surface area (Å²) in [5.74, 6) is 0. The lowest BCUT2D eigenvalue weighted by Crippen LogP contribution is -2.53. The highest BCUT2D eigenvalue weighted by Gasteiger charge is 2.39. The molecule has 0 aliphatic heterocycles. The van der Waals surface area contributed by atoms with E-state index >= 15 is 0 Å². The van der Waals surface area contributed by atoms with Gasteiger partial charge in [0.2, 0.25) is 0 Å². The molecule has 0 unspecified atom stereocenters. The number of nitrogens with one attached hydrogen (secondary N) is 1. The predicted molar refractivity (Wildman–Crippen MR) is 81.7 cm³/mol. The first-order chi connectivity index (χ1) is 9.49. The molecule has 21 heavy (non-hydrogen) atoms. The molecule has 1 aromatic carbocycles. The van der Waals surface area contributed by atoms with Crippen LogP contribution in [-0.4, -0.2) is 40.4 Å². The Morgan fingerprint density at radius 2 is 1.90 bits per heavy atom. The molecule has 1 rings (SSSR count). The Kier molecular flexibility index (Phi) is 4.98. The van der Waals surface area contributed by atoms with Crippen molar-refractivity contribution in [2.75, 3.05) is 12.4 Å². The van der Waals surface area contributed by atoms with Gasteiger partial charge in [-0.1, -0.05) is 6.07 Å². The van der Waals surface area contributed by atoms with Crippen LogP contribution in [-0.2, 0) is 4.65 Å². The maximum Gasteiger partial charge on any atom is 0.491 e. The van der Waals surface area contributed by atoms with Gasteiger partial charge < -0.3 is 20.1 Å². The topological polar surface area (TPSA) is 105 Å². The monoisotopic (exact) mass is 296 g/mol. The minimum atomic E-state index is -1.38. The second-order valence-electron chi connectivity index (χ2n) is 5.82. The molecule has 0 atom stereocenters. The van der Waals surface area contributed by atoms with Gasteiger partial charge in [-0.2, -0.15) is 0 Å². The molecule has 0 saturated heterocycles. The molecule has 116 valence electrons. The highest BCUT2D eigenvalue weighted by Crippen LogP contribution is 2.26. The fraction of sp³-hybridized carbons (Fsp3) is 0.538. The van der Waals surface area contributed by atoms with E-state index in [1.54, 1.807) is 34.7 Å². The van der Waals surface area contributed by atoms with Crippen LogP contribution in [0.2, 0.25) is 0 Å². The third-order valence-corrected chi connectivity index (χ3v) is 3.65. The molecule has 0 aliphatic carbocycles. The molecule has 0 radical (unpaired) electrons. The summed E-state index contributed by atoms with van der Waals surface area (Å²) in [7, 11) is 0.197. The van der Waals surface area contributed by atoms with Crippen LogP contribution in [0, 0.1) is 10.1 Å². The van der Waals surface area contributed by atoms with Crippen molar-refractivity contribution in [3.05, 3.63) is 28.3 Å². The Morgan fingerprint density at radius 3 is 2.33 bits per heavy atom. The van der Waals surface area contributed by atoms with Crippen molar-refractivity contribution in [2.24, 2.45) is 0 Å². The van der Waals surface area contributed by atoms with E-state index in [0.29, 0.717) is 5.69 Å². The number of hydrogen-bond donors (Lipinski definition) is 3. The Balaban J connectivity index is 3.06. The average molecular weight is 296 g/mol. The molecule has 0 amide bonds. The Morgan fingerprint density at radius 1 is 1.33 bits per heavy atom. The molecule has 0 saturated carbocycles. The van der Waals surface area contributed by atoms with Crippen LogP contribution in [0.4, 0.5) is 11.4 Å². The molecule has 0 aromatic heterocycles. The Hall–Kier alpha value is -1.64. The third kappa shape index (κ3) is 3.93. The van der Waals surface area contributed by atoms with Gasteiger partial charge in [0.25, 0.3) is 5.69 Å². The van der Waals surface area contributed by atoms with Gasteiger partial charge in [0.05, 0.1) is 16.1 Å². The normalized spacial score (nSPS) is 12.1. The number of nitrogens with zero attached hydrogens (tertiary/aromatic N) is 1. The summed E-state index contributed by atoms with van der Waals surface area (Å²) in [6, 6.07) is 4.28. The number of aliphatic hydroxyl groups is 1. The summed E-state index contributed by atoms with van der Waals surface area (Å²) in [5.41, 5.74) is -1.79. The Bertz CT molecular complexity index is 528. The minimum Gasteiger partial charge on any atom is -0.423 e. The van der Waals surface area contributed by atoms with Gasteiger partial charge in [-0.25, -0.2) is 0 Å². The number of hydrogen-bond acceptors (Lipinski definition) is 6. The van der Waals surface area contributed by atoms with Crippen LogP contribution in [0.25, 0.3) is 0 Å². The van der Waals surface area contributed by atoms with Crippen molar-refractivity contribution >= 4 is 24.0 Å². The van der Waals surface area contributed by atoms with Gasteiger partial charge in [0.15, 0.2) is 0 Å². The van der Waals surface area contributed by atoms with Crippen molar-refractivity contribution in [3.63, 3.8) is 0 Å². The van der Waals surface area contributed by atoms with Crippen molar-refractivity contribution in [3.8, 4) is 0 Å².